The lowest BCUT2D eigenvalue weighted by Crippen LogP contribution is -2.49. The van der Waals surface area contributed by atoms with E-state index in [0.717, 1.165) is 37.8 Å². The highest BCUT2D eigenvalue weighted by atomic mass is 16.5. The number of likely N-dealkylation sites (tertiary alicyclic amines) is 1. The number of amides is 1. The van der Waals surface area contributed by atoms with Crippen molar-refractivity contribution in [3.8, 4) is 11.5 Å². The van der Waals surface area contributed by atoms with Gasteiger partial charge < -0.3 is 14.2 Å². The Morgan fingerprint density at radius 2 is 2.29 bits per heavy atom. The van der Waals surface area contributed by atoms with Crippen molar-refractivity contribution >= 4 is 5.91 Å². The number of ether oxygens (including phenoxy) is 1. The second-order valence-corrected chi connectivity index (χ2v) is 8.04. The summed E-state index contributed by atoms with van der Waals surface area (Å²) in [6.45, 7) is 6.28. The first-order valence-electron chi connectivity index (χ1n) is 10.1. The Morgan fingerprint density at radius 1 is 1.43 bits per heavy atom. The summed E-state index contributed by atoms with van der Waals surface area (Å²) in [5, 5.41) is 4.30. The van der Waals surface area contributed by atoms with Gasteiger partial charge in [0.05, 0.1) is 11.0 Å². The van der Waals surface area contributed by atoms with Gasteiger partial charge >= 0.3 is 0 Å². The van der Waals surface area contributed by atoms with Crippen LogP contribution in [0.25, 0.3) is 11.5 Å². The van der Waals surface area contributed by atoms with Gasteiger partial charge in [-0.05, 0) is 43.7 Å². The van der Waals surface area contributed by atoms with Crippen LogP contribution >= 0.6 is 0 Å². The van der Waals surface area contributed by atoms with Gasteiger partial charge in [-0.1, -0.05) is 19.0 Å². The van der Waals surface area contributed by atoms with Gasteiger partial charge in [-0.3, -0.25) is 9.78 Å². The van der Waals surface area contributed by atoms with E-state index >= 15 is 0 Å². The molecule has 0 radical (unpaired) electrons. The summed E-state index contributed by atoms with van der Waals surface area (Å²) in [5.74, 6) is 1.85. The van der Waals surface area contributed by atoms with E-state index in [1.165, 1.54) is 0 Å². The van der Waals surface area contributed by atoms with E-state index in [-0.39, 0.29) is 11.3 Å². The molecular weight excluding hydrogens is 356 g/mol. The Hall–Kier alpha value is -2.28. The molecule has 1 saturated heterocycles. The molecule has 1 unspecified atom stereocenters. The van der Waals surface area contributed by atoms with Crippen LogP contribution in [-0.4, -0.2) is 52.7 Å². The van der Waals surface area contributed by atoms with Crippen LogP contribution in [0.3, 0.4) is 0 Å². The Labute approximate surface area is 166 Å². The van der Waals surface area contributed by atoms with Gasteiger partial charge in [0.25, 0.3) is 5.89 Å². The number of piperidine rings is 1. The molecule has 2 aromatic rings. The average molecular weight is 386 g/mol. The van der Waals surface area contributed by atoms with E-state index in [1.807, 2.05) is 17.0 Å². The Bertz CT molecular complexity index is 762. The van der Waals surface area contributed by atoms with Crippen molar-refractivity contribution in [1.29, 1.82) is 0 Å². The minimum Gasteiger partial charge on any atom is -0.385 e. The minimum absolute atomic E-state index is 0.214. The van der Waals surface area contributed by atoms with Crippen LogP contribution in [0.4, 0.5) is 0 Å². The van der Waals surface area contributed by atoms with E-state index in [2.05, 4.69) is 29.0 Å². The molecule has 1 amide bonds. The fourth-order valence-electron chi connectivity index (χ4n) is 3.76. The SMILES string of the molecule is COCCC1(c2noc(-c3cccnc3)n2)CCCN(C(=O)CCC(C)C)C1. The molecule has 1 fully saturated rings. The van der Waals surface area contributed by atoms with Gasteiger partial charge in [0, 0.05) is 45.6 Å². The van der Waals surface area contributed by atoms with Crippen molar-refractivity contribution in [2.45, 2.75) is 51.4 Å². The van der Waals surface area contributed by atoms with Crippen LogP contribution in [-0.2, 0) is 14.9 Å². The van der Waals surface area contributed by atoms with Crippen LogP contribution in [0, 0.1) is 5.92 Å². The number of methoxy groups -OCH3 is 1. The van der Waals surface area contributed by atoms with Gasteiger partial charge in [0.1, 0.15) is 0 Å². The molecule has 0 saturated carbocycles. The number of rotatable bonds is 8. The maximum atomic E-state index is 12.7. The number of hydrogen-bond acceptors (Lipinski definition) is 6. The molecule has 1 aliphatic rings. The first-order chi connectivity index (χ1) is 13.5. The maximum absolute atomic E-state index is 12.7. The van der Waals surface area contributed by atoms with Crippen LogP contribution in [0.2, 0.25) is 0 Å². The Morgan fingerprint density at radius 3 is 3.00 bits per heavy atom. The molecule has 3 heterocycles. The Kier molecular flexibility index (Phi) is 6.78. The average Bonchev–Trinajstić information content (AvgIpc) is 3.22. The molecule has 3 rings (SSSR count). The normalized spacial score (nSPS) is 19.9. The van der Waals surface area contributed by atoms with Gasteiger partial charge in [0.2, 0.25) is 5.91 Å². The highest BCUT2D eigenvalue weighted by Gasteiger charge is 2.42. The zero-order valence-electron chi connectivity index (χ0n) is 17.1. The predicted molar refractivity (Wildman–Crippen MR) is 106 cm³/mol. The smallest absolute Gasteiger partial charge is 0.259 e. The van der Waals surface area contributed by atoms with Crippen molar-refractivity contribution in [2.75, 3.05) is 26.8 Å². The summed E-state index contributed by atoms with van der Waals surface area (Å²) in [6.07, 6.45) is 7.51. The fourth-order valence-corrected chi connectivity index (χ4v) is 3.76. The lowest BCUT2D eigenvalue weighted by Gasteiger charge is -2.41. The number of hydrogen-bond donors (Lipinski definition) is 0. The monoisotopic (exact) mass is 386 g/mol. The summed E-state index contributed by atoms with van der Waals surface area (Å²) in [4.78, 5) is 23.5. The summed E-state index contributed by atoms with van der Waals surface area (Å²) in [7, 11) is 1.69. The third-order valence-corrected chi connectivity index (χ3v) is 5.46. The summed E-state index contributed by atoms with van der Waals surface area (Å²) >= 11 is 0. The molecule has 7 heteroatoms. The molecule has 0 spiro atoms. The molecular formula is C21H30N4O3. The number of aromatic nitrogens is 3. The molecule has 28 heavy (non-hydrogen) atoms. The largest absolute Gasteiger partial charge is 0.385 e. The molecule has 2 aromatic heterocycles. The number of carbonyl (C=O) groups is 1. The van der Waals surface area contributed by atoms with Crippen molar-refractivity contribution < 1.29 is 14.1 Å². The van der Waals surface area contributed by atoms with Gasteiger partial charge in [-0.2, -0.15) is 4.98 Å². The van der Waals surface area contributed by atoms with E-state index in [4.69, 9.17) is 9.26 Å². The first kappa shape index (κ1) is 20.5. The van der Waals surface area contributed by atoms with Gasteiger partial charge in [0.15, 0.2) is 5.82 Å². The topological polar surface area (TPSA) is 81.3 Å². The van der Waals surface area contributed by atoms with E-state index in [9.17, 15) is 4.79 Å². The summed E-state index contributed by atoms with van der Waals surface area (Å²) in [5.41, 5.74) is 0.454. The van der Waals surface area contributed by atoms with Gasteiger partial charge in [-0.25, -0.2) is 0 Å². The van der Waals surface area contributed by atoms with Crippen LogP contribution in [0.1, 0.15) is 51.8 Å². The van der Waals surface area contributed by atoms with E-state index in [1.54, 1.807) is 19.5 Å². The maximum Gasteiger partial charge on any atom is 0.259 e. The third kappa shape index (κ3) is 4.76. The van der Waals surface area contributed by atoms with Crippen molar-refractivity contribution in [2.24, 2.45) is 5.92 Å². The number of pyridine rings is 1. The van der Waals surface area contributed by atoms with Gasteiger partial charge in [-0.15, -0.1) is 0 Å². The molecule has 0 N–H and O–H groups in total. The zero-order valence-corrected chi connectivity index (χ0v) is 17.1. The van der Waals surface area contributed by atoms with Crippen LogP contribution in [0.15, 0.2) is 29.0 Å². The first-order valence-corrected chi connectivity index (χ1v) is 10.1. The third-order valence-electron chi connectivity index (χ3n) is 5.46. The fraction of sp³-hybridized carbons (Fsp3) is 0.619. The quantitative estimate of drug-likeness (QED) is 0.691. The zero-order chi connectivity index (χ0) is 20.0. The minimum atomic E-state index is -0.342. The summed E-state index contributed by atoms with van der Waals surface area (Å²) in [6, 6.07) is 3.74. The predicted octanol–water partition coefficient (Wildman–Crippen LogP) is 3.46. The molecule has 0 aliphatic carbocycles. The van der Waals surface area contributed by atoms with Crippen LogP contribution in [0.5, 0.6) is 0 Å². The molecule has 1 atom stereocenters. The summed E-state index contributed by atoms with van der Waals surface area (Å²) < 4.78 is 10.9. The van der Waals surface area contributed by atoms with Crippen molar-refractivity contribution in [3.63, 3.8) is 0 Å². The highest BCUT2D eigenvalue weighted by Crippen LogP contribution is 2.37. The molecule has 0 aromatic carbocycles. The van der Waals surface area contributed by atoms with E-state index < -0.39 is 0 Å². The van der Waals surface area contributed by atoms with Crippen molar-refractivity contribution in [1.82, 2.24) is 20.0 Å². The lowest BCUT2D eigenvalue weighted by atomic mass is 9.76. The highest BCUT2D eigenvalue weighted by molar-refractivity contribution is 5.76. The second kappa shape index (κ2) is 9.28. The lowest BCUT2D eigenvalue weighted by molar-refractivity contribution is -0.134. The molecule has 7 nitrogen and oxygen atoms in total. The molecule has 1 aliphatic heterocycles. The van der Waals surface area contributed by atoms with E-state index in [0.29, 0.717) is 37.2 Å². The number of carbonyl (C=O) groups excluding carboxylic acids is 1. The second-order valence-electron chi connectivity index (χ2n) is 8.04. The molecule has 0 bridgehead atoms. The van der Waals surface area contributed by atoms with Crippen LogP contribution < -0.4 is 0 Å². The Balaban J connectivity index is 1.82. The van der Waals surface area contributed by atoms with Crippen molar-refractivity contribution in [3.05, 3.63) is 30.4 Å². The number of nitrogens with zero attached hydrogens (tertiary/aromatic N) is 4. The standard InChI is InChI=1S/C21H30N4O3/c1-16(2)7-8-18(26)25-12-5-9-21(15-25,10-13-27-3)20-23-19(28-24-20)17-6-4-11-22-14-17/h4,6,11,14,16H,5,7-10,12-13,15H2,1-3H3. The molecule has 152 valence electrons.